The van der Waals surface area contributed by atoms with Gasteiger partial charge in [-0.25, -0.2) is 0 Å². The van der Waals surface area contributed by atoms with Crippen LogP contribution in [0.1, 0.15) is 19.8 Å². The van der Waals surface area contributed by atoms with Crippen molar-refractivity contribution in [1.82, 2.24) is 0 Å². The highest BCUT2D eigenvalue weighted by atomic mass is 19.4. The molecule has 1 N–H and O–H groups in total. The number of aliphatic hydroxyl groups is 1. The first-order valence-corrected chi connectivity index (χ1v) is 3.28. The van der Waals surface area contributed by atoms with Crippen LogP contribution in [0.4, 0.5) is 13.2 Å². The molecule has 0 aliphatic carbocycles. The molecule has 0 aromatic carbocycles. The van der Waals surface area contributed by atoms with Crippen molar-refractivity contribution in [3.05, 3.63) is 0 Å². The molecule has 1 fully saturated rings. The third kappa shape index (κ3) is 2.67. The van der Waals surface area contributed by atoms with Gasteiger partial charge in [0.2, 0.25) is 0 Å². The summed E-state index contributed by atoms with van der Waals surface area (Å²) >= 11 is 0. The van der Waals surface area contributed by atoms with Gasteiger partial charge in [0.1, 0.15) is 6.10 Å². The second-order valence-electron chi connectivity index (χ2n) is 2.81. The first-order valence-electron chi connectivity index (χ1n) is 3.28. The fourth-order valence-corrected chi connectivity index (χ4v) is 0.875. The first kappa shape index (κ1) is 8.80. The lowest BCUT2D eigenvalue weighted by atomic mass is 10.2. The number of hydrogen-bond donors (Lipinski definition) is 1. The predicted octanol–water partition coefficient (Wildman–Crippen LogP) is 1.44. The van der Waals surface area contributed by atoms with Crippen LogP contribution >= 0.6 is 0 Å². The number of ether oxygens (including phenoxy) is 1. The van der Waals surface area contributed by atoms with Crippen molar-refractivity contribution in [3.8, 4) is 0 Å². The Balaban J connectivity index is 2.16. The average Bonchev–Trinajstić information content (AvgIpc) is 2.33. The Morgan fingerprint density at radius 1 is 1.55 bits per heavy atom. The predicted molar refractivity (Wildman–Crippen MR) is 30.8 cm³/mol. The molecular formula is C6H9F3O2. The molecule has 1 aliphatic heterocycles. The van der Waals surface area contributed by atoms with E-state index in [1.165, 1.54) is 6.92 Å². The maximum Gasteiger partial charge on any atom is 0.389 e. The molecule has 0 aromatic rings. The van der Waals surface area contributed by atoms with Crippen LogP contribution < -0.4 is 0 Å². The number of hydrogen-bond acceptors (Lipinski definition) is 2. The third-order valence-electron chi connectivity index (χ3n) is 1.61. The SMILES string of the molecule is CC1(O)OC1CCC(F)(F)F. The van der Waals surface area contributed by atoms with E-state index in [9.17, 15) is 13.2 Å². The second kappa shape index (κ2) is 2.35. The van der Waals surface area contributed by atoms with Crippen molar-refractivity contribution >= 4 is 0 Å². The van der Waals surface area contributed by atoms with Gasteiger partial charge in [-0.05, 0) is 13.3 Å². The summed E-state index contributed by atoms with van der Waals surface area (Å²) in [6, 6.07) is 0. The Kier molecular flexibility index (Phi) is 1.88. The maximum absolute atomic E-state index is 11.6. The lowest BCUT2D eigenvalue weighted by Crippen LogP contribution is -2.12. The zero-order valence-electron chi connectivity index (χ0n) is 5.98. The summed E-state index contributed by atoms with van der Waals surface area (Å²) in [4.78, 5) is 0. The molecular weight excluding hydrogens is 161 g/mol. The highest BCUT2D eigenvalue weighted by molar-refractivity contribution is 4.88. The highest BCUT2D eigenvalue weighted by Gasteiger charge is 2.51. The highest BCUT2D eigenvalue weighted by Crippen LogP contribution is 2.38. The largest absolute Gasteiger partial charge is 0.389 e. The molecule has 11 heavy (non-hydrogen) atoms. The quantitative estimate of drug-likeness (QED) is 0.636. The molecule has 1 heterocycles. The normalized spacial score (nSPS) is 37.4. The molecule has 2 atom stereocenters. The molecule has 66 valence electrons. The minimum atomic E-state index is -4.15. The lowest BCUT2D eigenvalue weighted by Gasteiger charge is -2.03. The van der Waals surface area contributed by atoms with Gasteiger partial charge in [0.15, 0.2) is 5.79 Å². The monoisotopic (exact) mass is 170 g/mol. The average molecular weight is 170 g/mol. The van der Waals surface area contributed by atoms with Crippen LogP contribution in [0.2, 0.25) is 0 Å². The summed E-state index contributed by atoms with van der Waals surface area (Å²) < 4.78 is 39.2. The van der Waals surface area contributed by atoms with Crippen molar-refractivity contribution in [2.75, 3.05) is 0 Å². The number of rotatable bonds is 2. The maximum atomic E-state index is 11.6. The van der Waals surface area contributed by atoms with Gasteiger partial charge in [-0.15, -0.1) is 0 Å². The molecule has 2 unspecified atom stereocenters. The van der Waals surface area contributed by atoms with E-state index in [-0.39, 0.29) is 6.42 Å². The lowest BCUT2D eigenvalue weighted by molar-refractivity contribution is -0.136. The van der Waals surface area contributed by atoms with Gasteiger partial charge < -0.3 is 9.84 Å². The summed E-state index contributed by atoms with van der Waals surface area (Å²) in [5.41, 5.74) is 0. The van der Waals surface area contributed by atoms with Crippen molar-refractivity contribution in [2.24, 2.45) is 0 Å². The van der Waals surface area contributed by atoms with Crippen LogP contribution in [0.15, 0.2) is 0 Å². The fourth-order valence-electron chi connectivity index (χ4n) is 0.875. The zero-order chi connectivity index (χ0) is 8.70. The van der Waals surface area contributed by atoms with Crippen molar-refractivity contribution < 1.29 is 23.0 Å². The second-order valence-corrected chi connectivity index (χ2v) is 2.81. The first-order chi connectivity index (χ1) is 4.81. The van der Waals surface area contributed by atoms with E-state index in [0.717, 1.165) is 0 Å². The molecule has 1 saturated heterocycles. The van der Waals surface area contributed by atoms with Crippen LogP contribution in [-0.4, -0.2) is 23.2 Å². The minimum Gasteiger partial charge on any atom is -0.364 e. The Labute approximate surface area is 62.0 Å². The van der Waals surface area contributed by atoms with Gasteiger partial charge >= 0.3 is 6.18 Å². The summed E-state index contributed by atoms with van der Waals surface area (Å²) in [5.74, 6) is -1.31. The molecule has 0 amide bonds. The number of alkyl halides is 3. The molecule has 0 radical (unpaired) electrons. The third-order valence-corrected chi connectivity index (χ3v) is 1.61. The molecule has 0 bridgehead atoms. The van der Waals surface area contributed by atoms with Crippen molar-refractivity contribution in [2.45, 2.75) is 37.8 Å². The zero-order valence-corrected chi connectivity index (χ0v) is 5.98. The van der Waals surface area contributed by atoms with E-state index in [0.29, 0.717) is 0 Å². The topological polar surface area (TPSA) is 32.8 Å². The summed E-state index contributed by atoms with van der Waals surface area (Å²) in [6.45, 7) is 1.36. The summed E-state index contributed by atoms with van der Waals surface area (Å²) in [6.07, 6.45) is -5.84. The Morgan fingerprint density at radius 3 is 2.27 bits per heavy atom. The van der Waals surface area contributed by atoms with Gasteiger partial charge in [0.05, 0.1) is 0 Å². The van der Waals surface area contributed by atoms with E-state index in [2.05, 4.69) is 4.74 Å². The molecule has 0 spiro atoms. The Bertz CT molecular complexity index is 152. The van der Waals surface area contributed by atoms with Crippen LogP contribution in [0, 0.1) is 0 Å². The molecule has 2 nitrogen and oxygen atoms in total. The van der Waals surface area contributed by atoms with Crippen LogP contribution in [0.25, 0.3) is 0 Å². The smallest absolute Gasteiger partial charge is 0.364 e. The standard InChI is InChI=1S/C6H9F3O2/c1-5(10)4(11-5)2-3-6(7,8)9/h4,10H,2-3H2,1H3. The van der Waals surface area contributed by atoms with Crippen molar-refractivity contribution in [1.29, 1.82) is 0 Å². The van der Waals surface area contributed by atoms with E-state index >= 15 is 0 Å². The Morgan fingerprint density at radius 2 is 2.00 bits per heavy atom. The van der Waals surface area contributed by atoms with Crippen molar-refractivity contribution in [3.63, 3.8) is 0 Å². The van der Waals surface area contributed by atoms with Gasteiger partial charge in [-0.1, -0.05) is 0 Å². The van der Waals surface area contributed by atoms with Gasteiger partial charge in [-0.3, -0.25) is 0 Å². The molecule has 0 saturated carbocycles. The van der Waals surface area contributed by atoms with E-state index < -0.39 is 24.5 Å². The van der Waals surface area contributed by atoms with E-state index in [4.69, 9.17) is 5.11 Å². The molecule has 1 aliphatic rings. The summed E-state index contributed by atoms with van der Waals surface area (Å²) in [5, 5.41) is 8.90. The van der Waals surface area contributed by atoms with E-state index in [1.54, 1.807) is 0 Å². The molecule has 0 aromatic heterocycles. The number of halogens is 3. The van der Waals surface area contributed by atoms with Crippen LogP contribution in [-0.2, 0) is 4.74 Å². The summed E-state index contributed by atoms with van der Waals surface area (Å²) in [7, 11) is 0. The molecule has 5 heteroatoms. The van der Waals surface area contributed by atoms with Gasteiger partial charge in [0.25, 0.3) is 0 Å². The number of epoxide rings is 1. The molecule has 1 rings (SSSR count). The van der Waals surface area contributed by atoms with Crippen LogP contribution in [0.5, 0.6) is 0 Å². The van der Waals surface area contributed by atoms with Gasteiger partial charge in [-0.2, -0.15) is 13.2 Å². The Hall–Kier alpha value is -0.290. The van der Waals surface area contributed by atoms with Crippen LogP contribution in [0.3, 0.4) is 0 Å². The fraction of sp³-hybridized carbons (Fsp3) is 1.00. The van der Waals surface area contributed by atoms with Gasteiger partial charge in [0, 0.05) is 6.42 Å². The minimum absolute atomic E-state index is 0.156. The van der Waals surface area contributed by atoms with E-state index in [1.807, 2.05) is 0 Å².